The molecule has 1 aromatic heterocycles. The lowest BCUT2D eigenvalue weighted by Crippen LogP contribution is -2.30. The zero-order valence-electron chi connectivity index (χ0n) is 38.1. The summed E-state index contributed by atoms with van der Waals surface area (Å²) in [7, 11) is 6.87. The van der Waals surface area contributed by atoms with Gasteiger partial charge in [0.2, 0.25) is 5.78 Å². The highest BCUT2D eigenvalue weighted by atomic mass is 79.9. The van der Waals surface area contributed by atoms with Gasteiger partial charge in [-0.1, -0.05) is 89.3 Å². The van der Waals surface area contributed by atoms with Crippen LogP contribution in [0.15, 0.2) is 102 Å². The van der Waals surface area contributed by atoms with Crippen molar-refractivity contribution in [1.29, 1.82) is 0 Å². The van der Waals surface area contributed by atoms with Gasteiger partial charge in [-0.2, -0.15) is 4.99 Å². The van der Waals surface area contributed by atoms with Gasteiger partial charge in [0.25, 0.3) is 0 Å². The molecule has 352 valence electrons. The lowest BCUT2D eigenvalue weighted by atomic mass is 10.1. The van der Waals surface area contributed by atoms with E-state index in [2.05, 4.69) is 83.5 Å². The summed E-state index contributed by atoms with van der Waals surface area (Å²) in [6, 6.07) is 31.9. The van der Waals surface area contributed by atoms with Gasteiger partial charge in [-0.15, -0.1) is 9.24 Å². The van der Waals surface area contributed by atoms with Gasteiger partial charge in [0.15, 0.2) is 21.2 Å². The SMILES string of the molecule is CCc1cccc(C(=O)CBr)c1.CCc1cccc(C(=O)c2sc(Nc3ccc(OCC4CCCN4C)cc3)nc2N)c1.CN1CCC[C@H]1COc1ccc(NC(=S)N=C(N)SCP)cc1. The van der Waals surface area contributed by atoms with E-state index in [0.29, 0.717) is 49.9 Å². The van der Waals surface area contributed by atoms with E-state index < -0.39 is 0 Å². The minimum Gasteiger partial charge on any atom is -0.492 e. The molecule has 4 aromatic carbocycles. The summed E-state index contributed by atoms with van der Waals surface area (Å²) in [6.45, 7) is 7.88. The van der Waals surface area contributed by atoms with Crippen LogP contribution in [0.25, 0.3) is 0 Å². The second-order valence-corrected chi connectivity index (χ2v) is 19.8. The topological polar surface area (TPSA) is 160 Å². The number of likely N-dealkylation sites (tertiary alicyclic amines) is 2. The highest BCUT2D eigenvalue weighted by Gasteiger charge is 2.23. The molecule has 17 heteroatoms. The molecule has 2 aliphatic heterocycles. The van der Waals surface area contributed by atoms with Crippen molar-refractivity contribution in [3.8, 4) is 11.5 Å². The fourth-order valence-electron chi connectivity index (χ4n) is 7.18. The first-order valence-electron chi connectivity index (χ1n) is 22.1. The quantitative estimate of drug-likeness (QED) is 0.0185. The number of amidine groups is 1. The number of alkyl halides is 1. The number of anilines is 4. The standard InChI is InChI=1S/C24H28N4O2S.C15H23N4OPS2.C10H11BrO/c1-3-16-6-4-7-17(14-16)21(29)22-23(25)27-24(31-22)26-18-9-11-20(12-10-18)30-15-19-8-5-13-28(19)2;1-19-8-2-3-12(19)9-20-13-6-4-11(5-7-13)17-15(22)18-14(16)23-10-21;1-2-8-4-3-5-9(6-8)10(12)7-11/h4,6-7,9-12,14,19H,3,5,8,13,15,25H2,1-2H3,(H,26,27);4-7,12H,2-3,8-10,21H2,1H3,(H3,16,17,18,22);3-6H,2,7H2,1H3/t;12-;/m.0./s1. The van der Waals surface area contributed by atoms with Gasteiger partial charge >= 0.3 is 0 Å². The Labute approximate surface area is 414 Å². The molecule has 0 aliphatic carbocycles. The maximum absolute atomic E-state index is 12.9. The number of nitrogens with zero attached hydrogens (tertiary/aromatic N) is 4. The molecule has 2 aliphatic rings. The number of ether oxygens (including phenoxy) is 2. The van der Waals surface area contributed by atoms with E-state index in [-0.39, 0.29) is 17.4 Å². The number of Topliss-reactive ketones (excluding diaryl/α,β-unsaturated/α-hetero) is 1. The van der Waals surface area contributed by atoms with Crippen LogP contribution < -0.4 is 31.6 Å². The third kappa shape index (κ3) is 16.7. The Morgan fingerprint density at radius 3 is 1.89 bits per heavy atom. The van der Waals surface area contributed by atoms with Gasteiger partial charge in [-0.05, 0) is 150 Å². The molecular formula is C49H62BrN8O4PS3. The maximum Gasteiger partial charge on any atom is 0.206 e. The average Bonchev–Trinajstić information content (AvgIpc) is 4.06. The number of halogens is 1. The van der Waals surface area contributed by atoms with E-state index in [4.69, 9.17) is 33.2 Å². The summed E-state index contributed by atoms with van der Waals surface area (Å²) in [5, 5.41) is 8.09. The second-order valence-electron chi connectivity index (χ2n) is 15.8. The fraction of sp³-hybridized carbons (Fsp3) is 0.367. The van der Waals surface area contributed by atoms with E-state index in [1.54, 1.807) is 0 Å². The minimum absolute atomic E-state index is 0.0982. The number of carbonyl (C=O) groups is 2. The molecule has 5 aromatic rings. The molecule has 3 atom stereocenters. The smallest absolute Gasteiger partial charge is 0.206 e. The number of likely N-dealkylation sites (N-methyl/N-ethyl adjacent to an activating group) is 2. The molecule has 0 saturated carbocycles. The number of nitrogens with one attached hydrogen (secondary N) is 2. The van der Waals surface area contributed by atoms with Gasteiger partial charge < -0.3 is 41.4 Å². The number of nitrogen functional groups attached to an aromatic ring is 1. The second kappa shape index (κ2) is 27.4. The molecule has 12 nitrogen and oxygen atoms in total. The van der Waals surface area contributed by atoms with Gasteiger partial charge in [0, 0.05) is 40.1 Å². The van der Waals surface area contributed by atoms with Crippen LogP contribution >= 0.6 is 60.5 Å². The molecule has 2 unspecified atom stereocenters. The van der Waals surface area contributed by atoms with Crippen LogP contribution in [0.2, 0.25) is 0 Å². The van der Waals surface area contributed by atoms with E-state index in [1.165, 1.54) is 54.3 Å². The van der Waals surface area contributed by atoms with E-state index in [1.807, 2.05) is 97.1 Å². The Bertz CT molecular complexity index is 2370. The number of rotatable bonds is 16. The van der Waals surface area contributed by atoms with E-state index in [0.717, 1.165) is 72.0 Å². The Balaban J connectivity index is 0.000000204. The van der Waals surface area contributed by atoms with Gasteiger partial charge in [-0.25, -0.2) is 4.98 Å². The molecule has 0 spiro atoms. The average molecular weight is 1030 g/mol. The van der Waals surface area contributed by atoms with Gasteiger partial charge in [0.1, 0.15) is 35.4 Å². The number of aliphatic imine (C=N–C) groups is 1. The Morgan fingerprint density at radius 2 is 1.39 bits per heavy atom. The summed E-state index contributed by atoms with van der Waals surface area (Å²) < 4.78 is 11.8. The molecule has 0 radical (unpaired) electrons. The summed E-state index contributed by atoms with van der Waals surface area (Å²) in [5.41, 5.74) is 18.1. The monoisotopic (exact) mass is 1030 g/mol. The van der Waals surface area contributed by atoms with Crippen LogP contribution in [-0.4, -0.2) is 99.9 Å². The number of aromatic nitrogens is 1. The van der Waals surface area contributed by atoms with E-state index in [9.17, 15) is 9.59 Å². The summed E-state index contributed by atoms with van der Waals surface area (Å²) in [5.74, 6) is 2.00. The van der Waals surface area contributed by atoms with Crippen LogP contribution in [0.3, 0.4) is 0 Å². The van der Waals surface area contributed by atoms with E-state index >= 15 is 0 Å². The predicted molar refractivity (Wildman–Crippen MR) is 288 cm³/mol. The van der Waals surface area contributed by atoms with Crippen molar-refractivity contribution in [2.24, 2.45) is 10.7 Å². The van der Waals surface area contributed by atoms with Crippen molar-refractivity contribution in [3.63, 3.8) is 0 Å². The van der Waals surface area contributed by atoms with Gasteiger partial charge in [-0.3, -0.25) is 9.59 Å². The Kier molecular flexibility index (Phi) is 21.8. The van der Waals surface area contributed by atoms with Crippen molar-refractivity contribution in [2.45, 2.75) is 64.5 Å². The molecule has 7 rings (SSSR count). The predicted octanol–water partition coefficient (Wildman–Crippen LogP) is 10.3. The number of ketones is 2. The number of hydrogen-bond donors (Lipinski definition) is 4. The minimum atomic E-state index is -0.0982. The number of carbonyl (C=O) groups excluding carboxylic acids is 2. The lowest BCUT2D eigenvalue weighted by molar-refractivity contribution is 0.102. The molecule has 66 heavy (non-hydrogen) atoms. The number of thiocarbonyl (C=S) groups is 1. The lowest BCUT2D eigenvalue weighted by Gasteiger charge is -2.19. The number of hydrogen-bond acceptors (Lipinski definition) is 12. The van der Waals surface area contributed by atoms with Crippen molar-refractivity contribution in [2.75, 3.05) is 67.6 Å². The molecule has 0 bridgehead atoms. The molecule has 2 fully saturated rings. The number of thiazole rings is 1. The molecule has 6 N–H and O–H groups in total. The van der Waals surface area contributed by atoms with Crippen molar-refractivity contribution in [1.82, 2.24) is 14.8 Å². The van der Waals surface area contributed by atoms with Crippen LogP contribution in [0.5, 0.6) is 11.5 Å². The van der Waals surface area contributed by atoms with Crippen molar-refractivity contribution >= 4 is 105 Å². The number of nitrogens with two attached hydrogens (primary N) is 2. The maximum atomic E-state index is 12.9. The Hall–Kier alpha value is -4.41. The molecular weight excluding hydrogens is 972 g/mol. The zero-order valence-corrected chi connectivity index (χ0v) is 43.3. The van der Waals surface area contributed by atoms with Crippen LogP contribution in [0.1, 0.15) is 76.3 Å². The largest absolute Gasteiger partial charge is 0.492 e. The molecule has 2 saturated heterocycles. The fourth-order valence-corrected chi connectivity index (χ4v) is 9.48. The third-order valence-electron chi connectivity index (χ3n) is 11.1. The number of aryl methyl sites for hydroxylation is 2. The first kappa shape index (κ1) is 52.6. The highest BCUT2D eigenvalue weighted by molar-refractivity contribution is 9.09. The Morgan fingerprint density at radius 1 is 0.864 bits per heavy atom. The number of benzene rings is 4. The van der Waals surface area contributed by atoms with Crippen LogP contribution in [0, 0.1) is 0 Å². The third-order valence-corrected chi connectivity index (χ3v) is 13.9. The summed E-state index contributed by atoms with van der Waals surface area (Å²) in [4.78, 5) is 37.7. The van der Waals surface area contributed by atoms with Crippen LogP contribution in [-0.2, 0) is 12.8 Å². The molecule has 0 amide bonds. The first-order valence-corrected chi connectivity index (χ1v) is 26.2. The molecule has 3 heterocycles. The highest BCUT2D eigenvalue weighted by Crippen LogP contribution is 2.31. The van der Waals surface area contributed by atoms with Gasteiger partial charge in [0.05, 0.1) is 5.33 Å². The zero-order chi connectivity index (χ0) is 47.4. The summed E-state index contributed by atoms with van der Waals surface area (Å²) in [6.07, 6.45) is 6.73. The van der Waals surface area contributed by atoms with Crippen LogP contribution in [0.4, 0.5) is 22.3 Å². The first-order chi connectivity index (χ1) is 31.9. The normalized spacial score (nSPS) is 16.1. The van der Waals surface area contributed by atoms with Crippen molar-refractivity contribution < 1.29 is 19.1 Å². The number of thioether (sulfide) groups is 1. The summed E-state index contributed by atoms with van der Waals surface area (Å²) >= 11 is 11.0. The van der Waals surface area contributed by atoms with Crippen molar-refractivity contribution in [3.05, 3.63) is 124 Å².